The molecular formula is C16H32OP. The van der Waals surface area contributed by atoms with Gasteiger partial charge in [-0.2, -0.15) is 0 Å². The minimum absolute atomic E-state index is 0.202. The summed E-state index contributed by atoms with van der Waals surface area (Å²) < 4.78 is 10.2. The van der Waals surface area contributed by atoms with Crippen LogP contribution in [-0.4, -0.2) is 0 Å². The average molecular weight is 271 g/mol. The van der Waals surface area contributed by atoms with Crippen LogP contribution in [0.5, 0.6) is 0 Å². The predicted octanol–water partition coefficient (Wildman–Crippen LogP) is 6.92. The molecule has 0 atom stereocenters. The third-order valence-electron chi connectivity index (χ3n) is 3.51. The fourth-order valence-electron chi connectivity index (χ4n) is 2.31. The van der Waals surface area contributed by atoms with Crippen LogP contribution in [0.3, 0.4) is 0 Å². The molecule has 0 heterocycles. The zero-order valence-electron chi connectivity index (χ0n) is 12.3. The Labute approximate surface area is 116 Å². The van der Waals surface area contributed by atoms with E-state index in [4.69, 9.17) is 0 Å². The van der Waals surface area contributed by atoms with Gasteiger partial charge in [-0.25, -0.2) is 0 Å². The lowest BCUT2D eigenvalue weighted by atomic mass is 10.0. The van der Waals surface area contributed by atoms with Crippen molar-refractivity contribution in [2.45, 2.75) is 96.8 Å². The Balaban J connectivity index is 2.88. The van der Waals surface area contributed by atoms with Crippen LogP contribution < -0.4 is 0 Å². The number of rotatable bonds is 15. The lowest BCUT2D eigenvalue weighted by molar-refractivity contribution is 0.539. The normalized spacial score (nSPS) is 11.2. The summed E-state index contributed by atoms with van der Waals surface area (Å²) in [6, 6.07) is 0. The lowest BCUT2D eigenvalue weighted by Crippen LogP contribution is -1.82. The van der Waals surface area contributed by atoms with Crippen LogP contribution in [0.1, 0.15) is 96.8 Å². The molecule has 0 aliphatic rings. The highest BCUT2D eigenvalue weighted by Crippen LogP contribution is 2.14. The molecule has 0 aliphatic heterocycles. The van der Waals surface area contributed by atoms with E-state index in [-0.39, 0.29) is 8.46 Å². The lowest BCUT2D eigenvalue weighted by Gasteiger charge is -2.02. The molecule has 0 unspecified atom stereocenters. The van der Waals surface area contributed by atoms with E-state index in [1.54, 1.807) is 0 Å². The summed E-state index contributed by atoms with van der Waals surface area (Å²) in [6.07, 6.45) is 21.0. The maximum absolute atomic E-state index is 10.2. The van der Waals surface area contributed by atoms with Gasteiger partial charge in [0, 0.05) is 0 Å². The van der Waals surface area contributed by atoms with Gasteiger partial charge in [0.15, 0.2) is 8.46 Å². The molecule has 0 saturated carbocycles. The van der Waals surface area contributed by atoms with Crippen molar-refractivity contribution in [3.63, 3.8) is 0 Å². The van der Waals surface area contributed by atoms with Crippen LogP contribution in [0.25, 0.3) is 0 Å². The second-order valence-electron chi connectivity index (χ2n) is 5.32. The topological polar surface area (TPSA) is 17.1 Å². The van der Waals surface area contributed by atoms with Crippen LogP contribution in [0, 0.1) is 6.16 Å². The summed E-state index contributed by atoms with van der Waals surface area (Å²) >= 11 is 0. The van der Waals surface area contributed by atoms with Crippen molar-refractivity contribution in [2.24, 2.45) is 0 Å². The highest BCUT2D eigenvalue weighted by atomic mass is 31.1. The Hall–Kier alpha value is 0.100. The maximum atomic E-state index is 10.2. The van der Waals surface area contributed by atoms with Crippen molar-refractivity contribution in [2.75, 3.05) is 0 Å². The van der Waals surface area contributed by atoms with Gasteiger partial charge in [0.05, 0.1) is 6.16 Å². The first-order valence-corrected chi connectivity index (χ1v) is 8.94. The molecule has 0 spiro atoms. The zero-order chi connectivity index (χ0) is 13.3. The third kappa shape index (κ3) is 16.1. The quantitative estimate of drug-likeness (QED) is 0.233. The highest BCUT2D eigenvalue weighted by molar-refractivity contribution is 7.26. The molecule has 1 nitrogen and oxygen atoms in total. The minimum atomic E-state index is 0.202. The van der Waals surface area contributed by atoms with Crippen molar-refractivity contribution < 1.29 is 4.57 Å². The summed E-state index contributed by atoms with van der Waals surface area (Å²) in [5, 5.41) is 0. The highest BCUT2D eigenvalue weighted by Gasteiger charge is 1.93. The van der Waals surface area contributed by atoms with Gasteiger partial charge in [-0.1, -0.05) is 90.4 Å². The molecular weight excluding hydrogens is 239 g/mol. The van der Waals surface area contributed by atoms with Gasteiger partial charge < -0.3 is 0 Å². The number of unbranched alkanes of at least 4 members (excludes halogenated alkanes) is 13. The molecule has 1 radical (unpaired) electrons. The van der Waals surface area contributed by atoms with Crippen LogP contribution >= 0.6 is 8.46 Å². The third-order valence-corrected chi connectivity index (χ3v) is 3.92. The molecule has 0 saturated heterocycles. The molecule has 0 aromatic heterocycles. The second kappa shape index (κ2) is 17.1. The smallest absolute Gasteiger partial charge is 0.159 e. The SMILES string of the molecule is CCCCCCCCCCCCCCC[CH]P=O. The Kier molecular flexibility index (Phi) is 17.2. The molecule has 107 valence electrons. The fourth-order valence-corrected chi connectivity index (χ4v) is 2.59. The van der Waals surface area contributed by atoms with Crippen LogP contribution in [0.2, 0.25) is 0 Å². The summed E-state index contributed by atoms with van der Waals surface area (Å²) in [5.41, 5.74) is 0. The molecule has 0 bridgehead atoms. The molecule has 0 aliphatic carbocycles. The van der Waals surface area contributed by atoms with Gasteiger partial charge in [0.25, 0.3) is 0 Å². The first-order chi connectivity index (χ1) is 8.91. The molecule has 0 rings (SSSR count). The molecule has 2 heteroatoms. The van der Waals surface area contributed by atoms with Crippen LogP contribution in [-0.2, 0) is 4.57 Å². The largest absolute Gasteiger partial charge is 0.275 e. The van der Waals surface area contributed by atoms with Gasteiger partial charge >= 0.3 is 0 Å². The first kappa shape index (κ1) is 18.1. The standard InChI is InChI=1S/C16H32OP/c1-2-3-4-5-6-7-8-9-10-11-12-13-14-15-16-18-17/h16H,2-15H2,1H3. The molecule has 0 amide bonds. The van der Waals surface area contributed by atoms with E-state index < -0.39 is 0 Å². The Morgan fingerprint density at radius 2 is 1.06 bits per heavy atom. The Bertz CT molecular complexity index is 159. The van der Waals surface area contributed by atoms with E-state index in [1.807, 2.05) is 6.16 Å². The van der Waals surface area contributed by atoms with Gasteiger partial charge in [-0.15, -0.1) is 0 Å². The van der Waals surface area contributed by atoms with E-state index in [1.165, 1.54) is 83.5 Å². The summed E-state index contributed by atoms with van der Waals surface area (Å²) in [6.45, 7) is 2.28. The average Bonchev–Trinajstić information content (AvgIpc) is 2.39. The van der Waals surface area contributed by atoms with Gasteiger partial charge in [0.1, 0.15) is 0 Å². The van der Waals surface area contributed by atoms with Crippen molar-refractivity contribution in [1.29, 1.82) is 0 Å². The number of hydrogen-bond acceptors (Lipinski definition) is 1. The fraction of sp³-hybridized carbons (Fsp3) is 0.938. The molecule has 0 aromatic rings. The Morgan fingerprint density at radius 3 is 1.44 bits per heavy atom. The first-order valence-electron chi connectivity index (χ1n) is 8.06. The van der Waals surface area contributed by atoms with E-state index in [0.717, 1.165) is 6.42 Å². The van der Waals surface area contributed by atoms with Gasteiger partial charge in [-0.05, 0) is 6.42 Å². The van der Waals surface area contributed by atoms with Crippen molar-refractivity contribution in [3.05, 3.63) is 6.16 Å². The van der Waals surface area contributed by atoms with Gasteiger partial charge in [-0.3, -0.25) is 4.57 Å². The molecule has 18 heavy (non-hydrogen) atoms. The predicted molar refractivity (Wildman–Crippen MR) is 82.2 cm³/mol. The minimum Gasteiger partial charge on any atom is -0.275 e. The molecule has 0 aromatic carbocycles. The van der Waals surface area contributed by atoms with Crippen molar-refractivity contribution >= 4 is 8.46 Å². The summed E-state index contributed by atoms with van der Waals surface area (Å²) in [5.74, 6) is 0. The summed E-state index contributed by atoms with van der Waals surface area (Å²) in [7, 11) is 0.202. The van der Waals surface area contributed by atoms with E-state index in [9.17, 15) is 4.57 Å². The van der Waals surface area contributed by atoms with E-state index in [2.05, 4.69) is 6.92 Å². The Morgan fingerprint density at radius 1 is 0.667 bits per heavy atom. The maximum Gasteiger partial charge on any atom is 0.159 e. The van der Waals surface area contributed by atoms with Crippen LogP contribution in [0.4, 0.5) is 0 Å². The second-order valence-corrected chi connectivity index (χ2v) is 5.90. The zero-order valence-corrected chi connectivity index (χ0v) is 13.2. The van der Waals surface area contributed by atoms with E-state index >= 15 is 0 Å². The molecule has 0 N–H and O–H groups in total. The van der Waals surface area contributed by atoms with E-state index in [0.29, 0.717) is 0 Å². The number of hydrogen-bond donors (Lipinski definition) is 0. The summed E-state index contributed by atoms with van der Waals surface area (Å²) in [4.78, 5) is 0. The monoisotopic (exact) mass is 271 g/mol. The molecule has 0 fully saturated rings. The van der Waals surface area contributed by atoms with Crippen molar-refractivity contribution in [3.8, 4) is 0 Å². The van der Waals surface area contributed by atoms with Crippen LogP contribution in [0.15, 0.2) is 0 Å². The van der Waals surface area contributed by atoms with Gasteiger partial charge in [0.2, 0.25) is 0 Å². The van der Waals surface area contributed by atoms with Crippen molar-refractivity contribution in [1.82, 2.24) is 0 Å².